The second-order valence-electron chi connectivity index (χ2n) is 3.31. The highest BCUT2D eigenvalue weighted by Gasteiger charge is 2.08. The summed E-state index contributed by atoms with van der Waals surface area (Å²) in [6, 6.07) is 6.17. The van der Waals surface area contributed by atoms with Crippen molar-refractivity contribution in [3.05, 3.63) is 40.1 Å². The number of hydrogen-bond acceptors (Lipinski definition) is 4. The van der Waals surface area contributed by atoms with Crippen LogP contribution in [-0.2, 0) is 0 Å². The Morgan fingerprint density at radius 2 is 2.13 bits per heavy atom. The summed E-state index contributed by atoms with van der Waals surface area (Å²) < 4.78 is 0. The number of pyridine rings is 1. The van der Waals surface area contributed by atoms with Gasteiger partial charge in [-0.1, -0.05) is 0 Å². The van der Waals surface area contributed by atoms with Crippen LogP contribution in [0.3, 0.4) is 0 Å². The molecule has 1 aromatic heterocycles. The number of nitrogens with two attached hydrogens (primary N) is 1. The molecule has 2 aromatic rings. The van der Waals surface area contributed by atoms with E-state index >= 15 is 0 Å². The van der Waals surface area contributed by atoms with Gasteiger partial charge in [-0.25, -0.2) is 0 Å². The third kappa shape index (κ3) is 1.59. The first kappa shape index (κ1) is 9.39. The number of nitrogens with zero attached hydrogens (tertiary/aromatic N) is 2. The molecule has 0 amide bonds. The molecule has 2 N–H and O–H groups in total. The molecule has 0 atom stereocenters. The number of nitrogen functional groups attached to an aromatic ring is 1. The lowest BCUT2D eigenvalue weighted by molar-refractivity contribution is -0.384. The lowest BCUT2D eigenvalue weighted by Crippen LogP contribution is -1.94. The number of anilines is 1. The van der Waals surface area contributed by atoms with Gasteiger partial charge in [0.05, 0.1) is 10.4 Å². The standard InChI is InChI=1S/C10H9N3O2/c1-6-4-9(11)8-5-7(13(14)15)2-3-10(8)12-6/h2-5H,1H3,(H2,11,12). The minimum Gasteiger partial charge on any atom is -0.398 e. The van der Waals surface area contributed by atoms with Crippen LogP contribution in [0.5, 0.6) is 0 Å². The van der Waals surface area contributed by atoms with E-state index in [4.69, 9.17) is 5.73 Å². The first-order chi connectivity index (χ1) is 7.08. The monoisotopic (exact) mass is 203 g/mol. The molecule has 15 heavy (non-hydrogen) atoms. The quantitative estimate of drug-likeness (QED) is 0.567. The van der Waals surface area contributed by atoms with Crippen molar-refractivity contribution in [2.75, 3.05) is 5.73 Å². The molecule has 0 unspecified atom stereocenters. The molecule has 0 saturated carbocycles. The topological polar surface area (TPSA) is 82.0 Å². The largest absolute Gasteiger partial charge is 0.398 e. The fourth-order valence-electron chi connectivity index (χ4n) is 1.49. The van der Waals surface area contributed by atoms with Gasteiger partial charge in [-0.2, -0.15) is 0 Å². The van der Waals surface area contributed by atoms with Gasteiger partial charge < -0.3 is 5.73 Å². The van der Waals surface area contributed by atoms with Gasteiger partial charge in [0.1, 0.15) is 0 Å². The van der Waals surface area contributed by atoms with E-state index in [0.29, 0.717) is 16.6 Å². The predicted molar refractivity (Wildman–Crippen MR) is 57.5 cm³/mol. The van der Waals surface area contributed by atoms with Crippen LogP contribution in [0.15, 0.2) is 24.3 Å². The van der Waals surface area contributed by atoms with Gasteiger partial charge in [-0.15, -0.1) is 0 Å². The second-order valence-corrected chi connectivity index (χ2v) is 3.31. The maximum absolute atomic E-state index is 10.6. The Morgan fingerprint density at radius 1 is 1.40 bits per heavy atom. The average Bonchev–Trinajstić information content (AvgIpc) is 2.16. The van der Waals surface area contributed by atoms with E-state index in [-0.39, 0.29) is 5.69 Å². The summed E-state index contributed by atoms with van der Waals surface area (Å²) in [5.41, 5.74) is 7.78. The lowest BCUT2D eigenvalue weighted by Gasteiger charge is -2.02. The Bertz CT molecular complexity index is 552. The van der Waals surface area contributed by atoms with Gasteiger partial charge in [0.2, 0.25) is 0 Å². The number of aryl methyl sites for hydroxylation is 1. The lowest BCUT2D eigenvalue weighted by atomic mass is 10.1. The van der Waals surface area contributed by atoms with Crippen LogP contribution in [0, 0.1) is 17.0 Å². The summed E-state index contributed by atoms with van der Waals surface area (Å²) >= 11 is 0. The maximum Gasteiger partial charge on any atom is 0.270 e. The van der Waals surface area contributed by atoms with Crippen molar-refractivity contribution in [2.45, 2.75) is 6.92 Å². The van der Waals surface area contributed by atoms with E-state index in [1.165, 1.54) is 12.1 Å². The zero-order valence-corrected chi connectivity index (χ0v) is 8.10. The fraction of sp³-hybridized carbons (Fsp3) is 0.100. The Balaban J connectivity index is 2.76. The van der Waals surface area contributed by atoms with Gasteiger partial charge in [0.25, 0.3) is 5.69 Å². The molecule has 0 spiro atoms. The molecule has 5 heteroatoms. The molecule has 1 aromatic carbocycles. The molecule has 1 heterocycles. The molecule has 0 bridgehead atoms. The van der Waals surface area contributed by atoms with Crippen molar-refractivity contribution in [3.63, 3.8) is 0 Å². The molecule has 0 radical (unpaired) electrons. The molecule has 0 aliphatic carbocycles. The molecule has 0 aliphatic heterocycles. The van der Waals surface area contributed by atoms with Crippen LogP contribution in [0.25, 0.3) is 10.9 Å². The number of non-ortho nitro benzene ring substituents is 1. The average molecular weight is 203 g/mol. The van der Waals surface area contributed by atoms with Crippen molar-refractivity contribution in [3.8, 4) is 0 Å². The van der Waals surface area contributed by atoms with Gasteiger partial charge in [-0.05, 0) is 19.1 Å². The third-order valence-corrected chi connectivity index (χ3v) is 2.16. The van der Waals surface area contributed by atoms with Gasteiger partial charge in [0.15, 0.2) is 0 Å². The maximum atomic E-state index is 10.6. The second kappa shape index (κ2) is 3.20. The number of aromatic nitrogens is 1. The minimum atomic E-state index is -0.446. The molecule has 5 nitrogen and oxygen atoms in total. The summed E-state index contributed by atoms with van der Waals surface area (Å²) in [5, 5.41) is 11.2. The molecule has 2 rings (SSSR count). The summed E-state index contributed by atoms with van der Waals surface area (Å²) in [6.45, 7) is 1.83. The van der Waals surface area contributed by atoms with E-state index in [0.717, 1.165) is 5.69 Å². The highest BCUT2D eigenvalue weighted by Crippen LogP contribution is 2.24. The molecule has 0 saturated heterocycles. The normalized spacial score (nSPS) is 10.5. The SMILES string of the molecule is Cc1cc(N)c2cc([N+](=O)[O-])ccc2n1. The Morgan fingerprint density at radius 3 is 2.80 bits per heavy atom. The zero-order chi connectivity index (χ0) is 11.0. The van der Waals surface area contributed by atoms with Crippen LogP contribution in [-0.4, -0.2) is 9.91 Å². The van der Waals surface area contributed by atoms with Crippen molar-refractivity contribution in [1.82, 2.24) is 4.98 Å². The number of nitro benzene ring substituents is 1. The van der Waals surface area contributed by atoms with Crippen molar-refractivity contribution < 1.29 is 4.92 Å². The van der Waals surface area contributed by atoms with Crippen molar-refractivity contribution in [2.24, 2.45) is 0 Å². The predicted octanol–water partition coefficient (Wildman–Crippen LogP) is 2.03. The number of rotatable bonds is 1. The molecular weight excluding hydrogens is 194 g/mol. The van der Waals surface area contributed by atoms with Crippen LogP contribution >= 0.6 is 0 Å². The van der Waals surface area contributed by atoms with Crippen LogP contribution < -0.4 is 5.73 Å². The molecular formula is C10H9N3O2. The molecule has 76 valence electrons. The summed E-state index contributed by atoms with van der Waals surface area (Å²) in [4.78, 5) is 14.4. The van der Waals surface area contributed by atoms with Crippen LogP contribution in [0.1, 0.15) is 5.69 Å². The zero-order valence-electron chi connectivity index (χ0n) is 8.10. The molecule has 0 fully saturated rings. The van der Waals surface area contributed by atoms with Crippen molar-refractivity contribution in [1.29, 1.82) is 0 Å². The third-order valence-electron chi connectivity index (χ3n) is 2.16. The number of nitro groups is 1. The van der Waals surface area contributed by atoms with Gasteiger partial charge >= 0.3 is 0 Å². The highest BCUT2D eigenvalue weighted by molar-refractivity contribution is 5.91. The first-order valence-electron chi connectivity index (χ1n) is 4.39. The Kier molecular flexibility index (Phi) is 2.00. The summed E-state index contributed by atoms with van der Waals surface area (Å²) in [7, 11) is 0. The first-order valence-corrected chi connectivity index (χ1v) is 4.39. The van der Waals surface area contributed by atoms with Crippen molar-refractivity contribution >= 4 is 22.3 Å². The number of benzene rings is 1. The summed E-state index contributed by atoms with van der Waals surface area (Å²) in [5.74, 6) is 0. The fourth-order valence-corrected chi connectivity index (χ4v) is 1.49. The summed E-state index contributed by atoms with van der Waals surface area (Å²) in [6.07, 6.45) is 0. The van der Waals surface area contributed by atoms with E-state index < -0.39 is 4.92 Å². The molecule has 0 aliphatic rings. The number of hydrogen-bond donors (Lipinski definition) is 1. The van der Waals surface area contributed by atoms with E-state index in [1.54, 1.807) is 12.1 Å². The van der Waals surface area contributed by atoms with Gasteiger partial charge in [0, 0.05) is 28.9 Å². The van der Waals surface area contributed by atoms with E-state index in [1.807, 2.05) is 6.92 Å². The van der Waals surface area contributed by atoms with E-state index in [2.05, 4.69) is 4.98 Å². The highest BCUT2D eigenvalue weighted by atomic mass is 16.6. The number of fused-ring (bicyclic) bond motifs is 1. The van der Waals surface area contributed by atoms with Crippen LogP contribution in [0.4, 0.5) is 11.4 Å². The Labute approximate surface area is 85.7 Å². The van der Waals surface area contributed by atoms with Gasteiger partial charge in [-0.3, -0.25) is 15.1 Å². The smallest absolute Gasteiger partial charge is 0.270 e. The van der Waals surface area contributed by atoms with E-state index in [9.17, 15) is 10.1 Å². The Hall–Kier alpha value is -2.17. The minimum absolute atomic E-state index is 0.0276. The van der Waals surface area contributed by atoms with Crippen LogP contribution in [0.2, 0.25) is 0 Å².